The van der Waals surface area contributed by atoms with Crippen LogP contribution in [0.1, 0.15) is 19.3 Å². The third-order valence-electron chi connectivity index (χ3n) is 4.87. The number of aromatic amines is 1. The van der Waals surface area contributed by atoms with Crippen molar-refractivity contribution in [3.63, 3.8) is 0 Å². The van der Waals surface area contributed by atoms with Gasteiger partial charge in [-0.25, -0.2) is 5.84 Å². The summed E-state index contributed by atoms with van der Waals surface area (Å²) in [6, 6.07) is 1.30. The van der Waals surface area contributed by atoms with E-state index >= 15 is 0 Å². The minimum atomic E-state index is 0.421. The number of H-pyrrole nitrogens is 1. The summed E-state index contributed by atoms with van der Waals surface area (Å²) < 4.78 is 0. The smallest absolute Gasteiger partial charge is 0.241 e. The van der Waals surface area contributed by atoms with E-state index in [1.807, 2.05) is 0 Å². The Morgan fingerprint density at radius 2 is 2.14 bits per heavy atom. The summed E-state index contributed by atoms with van der Waals surface area (Å²) in [6.07, 6.45) is 5.54. The van der Waals surface area contributed by atoms with Crippen molar-refractivity contribution in [1.82, 2.24) is 25.1 Å². The average molecular weight is 288 g/mol. The normalized spacial score (nSPS) is 26.3. The number of hydrazine groups is 1. The second-order valence-corrected chi connectivity index (χ2v) is 5.93. The Bertz CT molecular complexity index is 653. The fourth-order valence-corrected chi connectivity index (χ4v) is 3.63. The van der Waals surface area contributed by atoms with E-state index in [-0.39, 0.29) is 0 Å². The van der Waals surface area contributed by atoms with Crippen LogP contribution in [-0.2, 0) is 0 Å². The van der Waals surface area contributed by atoms with Crippen LogP contribution in [0.25, 0.3) is 11.0 Å². The number of hydrogen-bond acceptors (Lipinski definition) is 7. The SMILES string of the molecule is CN1C2CCC1CN(c1nc(NN)nc3[nH]ncc13)CC2. The lowest BCUT2D eigenvalue weighted by atomic mass is 10.1. The van der Waals surface area contributed by atoms with E-state index in [0.717, 1.165) is 29.9 Å². The van der Waals surface area contributed by atoms with E-state index < -0.39 is 0 Å². The molecule has 4 N–H and O–H groups in total. The Hall–Kier alpha value is -1.93. The van der Waals surface area contributed by atoms with E-state index in [4.69, 9.17) is 5.84 Å². The molecule has 0 spiro atoms. The van der Waals surface area contributed by atoms with Crippen molar-refractivity contribution in [2.75, 3.05) is 30.5 Å². The molecule has 2 aliphatic rings. The van der Waals surface area contributed by atoms with Crippen molar-refractivity contribution >= 4 is 22.8 Å². The quantitative estimate of drug-likeness (QED) is 0.540. The number of nitrogen functional groups attached to an aromatic ring is 1. The fourth-order valence-electron chi connectivity index (χ4n) is 3.63. The number of nitrogens with zero attached hydrogens (tertiary/aromatic N) is 5. The van der Waals surface area contributed by atoms with Gasteiger partial charge in [-0.3, -0.25) is 15.4 Å². The minimum absolute atomic E-state index is 0.421. The van der Waals surface area contributed by atoms with Crippen LogP contribution in [0.2, 0.25) is 0 Å². The largest absolute Gasteiger partial charge is 0.354 e. The Morgan fingerprint density at radius 3 is 3.00 bits per heavy atom. The van der Waals surface area contributed by atoms with Gasteiger partial charge >= 0.3 is 0 Å². The van der Waals surface area contributed by atoms with Crippen LogP contribution in [0.3, 0.4) is 0 Å². The first-order valence-electron chi connectivity index (χ1n) is 7.41. The molecule has 2 bridgehead atoms. The number of rotatable bonds is 2. The number of hydrogen-bond donors (Lipinski definition) is 3. The summed E-state index contributed by atoms with van der Waals surface area (Å²) in [7, 11) is 2.24. The molecular formula is C13H20N8. The highest BCUT2D eigenvalue weighted by atomic mass is 15.3. The molecule has 0 aliphatic carbocycles. The molecule has 2 saturated heterocycles. The van der Waals surface area contributed by atoms with E-state index in [1.54, 1.807) is 6.20 Å². The number of fused-ring (bicyclic) bond motifs is 3. The molecule has 8 nitrogen and oxygen atoms in total. The zero-order chi connectivity index (χ0) is 14.4. The van der Waals surface area contributed by atoms with Gasteiger partial charge in [0.15, 0.2) is 5.65 Å². The Labute approximate surface area is 122 Å². The third kappa shape index (κ3) is 2.02. The van der Waals surface area contributed by atoms with E-state index in [1.165, 1.54) is 19.3 Å². The van der Waals surface area contributed by atoms with Crippen molar-refractivity contribution in [2.45, 2.75) is 31.3 Å². The molecule has 2 fully saturated rings. The number of anilines is 2. The molecule has 4 heterocycles. The van der Waals surface area contributed by atoms with Crippen LogP contribution in [0.15, 0.2) is 6.20 Å². The van der Waals surface area contributed by atoms with Crippen molar-refractivity contribution in [3.8, 4) is 0 Å². The zero-order valence-corrected chi connectivity index (χ0v) is 12.1. The lowest BCUT2D eigenvalue weighted by Crippen LogP contribution is -2.37. The van der Waals surface area contributed by atoms with Gasteiger partial charge < -0.3 is 4.90 Å². The van der Waals surface area contributed by atoms with Crippen LogP contribution >= 0.6 is 0 Å². The van der Waals surface area contributed by atoms with Crippen molar-refractivity contribution in [1.29, 1.82) is 0 Å². The topological polar surface area (TPSA) is 99.0 Å². The monoisotopic (exact) mass is 288 g/mol. The van der Waals surface area contributed by atoms with E-state index in [2.05, 4.69) is 42.4 Å². The maximum Gasteiger partial charge on any atom is 0.241 e. The highest BCUT2D eigenvalue weighted by Gasteiger charge is 2.35. The zero-order valence-electron chi connectivity index (χ0n) is 12.1. The molecule has 2 aromatic rings. The van der Waals surface area contributed by atoms with Crippen LogP contribution < -0.4 is 16.2 Å². The molecular weight excluding hydrogens is 268 g/mol. The lowest BCUT2D eigenvalue weighted by Gasteiger charge is -2.27. The highest BCUT2D eigenvalue weighted by Crippen LogP contribution is 2.32. The van der Waals surface area contributed by atoms with Gasteiger partial charge in [0.1, 0.15) is 5.82 Å². The van der Waals surface area contributed by atoms with Crippen molar-refractivity contribution in [3.05, 3.63) is 6.20 Å². The first-order chi connectivity index (χ1) is 10.3. The number of likely N-dealkylation sites (N-methyl/N-ethyl adjacent to an activating group) is 1. The summed E-state index contributed by atoms with van der Waals surface area (Å²) in [5.41, 5.74) is 3.26. The van der Waals surface area contributed by atoms with Gasteiger partial charge in [-0.1, -0.05) is 0 Å². The first kappa shape index (κ1) is 12.8. The standard InChI is InChI=1S/C13H20N8/c1-20-8-2-3-9(20)7-21(5-4-8)12-10-6-15-19-11(10)16-13(17-12)18-14/h6,8-9H,2-5,7,14H2,1H3,(H2,15,16,17,18,19). The molecule has 0 radical (unpaired) electrons. The molecule has 4 rings (SSSR count). The summed E-state index contributed by atoms with van der Waals surface area (Å²) in [6.45, 7) is 2.00. The van der Waals surface area contributed by atoms with Crippen molar-refractivity contribution < 1.29 is 0 Å². The maximum atomic E-state index is 5.49. The molecule has 0 aromatic carbocycles. The lowest BCUT2D eigenvalue weighted by molar-refractivity contribution is 0.254. The average Bonchev–Trinajstić information content (AvgIpc) is 3.03. The Morgan fingerprint density at radius 1 is 1.29 bits per heavy atom. The molecule has 0 amide bonds. The second-order valence-electron chi connectivity index (χ2n) is 5.93. The number of aromatic nitrogens is 4. The molecule has 2 unspecified atom stereocenters. The summed E-state index contributed by atoms with van der Waals surface area (Å²) >= 11 is 0. The summed E-state index contributed by atoms with van der Waals surface area (Å²) in [4.78, 5) is 13.7. The van der Waals surface area contributed by atoms with E-state index in [9.17, 15) is 0 Å². The van der Waals surface area contributed by atoms with E-state index in [0.29, 0.717) is 18.0 Å². The molecule has 8 heteroatoms. The van der Waals surface area contributed by atoms with Gasteiger partial charge in [-0.05, 0) is 26.3 Å². The fraction of sp³-hybridized carbons (Fsp3) is 0.615. The molecule has 2 aliphatic heterocycles. The van der Waals surface area contributed by atoms with Gasteiger partial charge in [0, 0.05) is 25.2 Å². The van der Waals surface area contributed by atoms with Gasteiger partial charge in [0.25, 0.3) is 0 Å². The molecule has 112 valence electrons. The molecule has 21 heavy (non-hydrogen) atoms. The number of nitrogens with two attached hydrogens (primary N) is 1. The van der Waals surface area contributed by atoms with Crippen molar-refractivity contribution in [2.24, 2.45) is 5.84 Å². The maximum absolute atomic E-state index is 5.49. The number of nitrogens with one attached hydrogen (secondary N) is 2. The first-order valence-corrected chi connectivity index (χ1v) is 7.41. The van der Waals surface area contributed by atoms with Crippen LogP contribution in [0.5, 0.6) is 0 Å². The van der Waals surface area contributed by atoms with Gasteiger partial charge in [-0.2, -0.15) is 15.1 Å². The van der Waals surface area contributed by atoms with Gasteiger partial charge in [0.2, 0.25) is 5.95 Å². The van der Waals surface area contributed by atoms with Crippen LogP contribution in [-0.4, -0.2) is 57.3 Å². The molecule has 2 aromatic heterocycles. The van der Waals surface area contributed by atoms with Gasteiger partial charge in [0.05, 0.1) is 11.6 Å². The molecule has 2 atom stereocenters. The third-order valence-corrected chi connectivity index (χ3v) is 4.87. The Balaban J connectivity index is 1.74. The highest BCUT2D eigenvalue weighted by molar-refractivity contribution is 5.87. The predicted octanol–water partition coefficient (Wildman–Crippen LogP) is 0.311. The summed E-state index contributed by atoms with van der Waals surface area (Å²) in [5.74, 6) is 6.83. The minimum Gasteiger partial charge on any atom is -0.354 e. The van der Waals surface area contributed by atoms with Gasteiger partial charge in [-0.15, -0.1) is 0 Å². The summed E-state index contributed by atoms with van der Waals surface area (Å²) in [5, 5.41) is 7.94. The Kier molecular flexibility index (Phi) is 2.93. The van der Waals surface area contributed by atoms with Crippen LogP contribution in [0.4, 0.5) is 11.8 Å². The second kappa shape index (κ2) is 4.81. The van der Waals surface area contributed by atoms with Crippen LogP contribution in [0, 0.1) is 0 Å². The predicted molar refractivity (Wildman–Crippen MR) is 80.9 cm³/mol. The molecule has 0 saturated carbocycles.